The molecule has 0 aromatic rings. The van der Waals surface area contributed by atoms with Crippen molar-refractivity contribution < 1.29 is 4.39 Å². The molecular weight excluding hydrogens is 213 g/mol. The lowest BCUT2D eigenvalue weighted by Crippen LogP contribution is -2.39. The standard InChI is InChI=1S/C15H28FN/c1-5-6-7-13-8-10-15(3,16)11-9-14(17-4)12(13)2/h6-7,12-14,17H,5,8-11H2,1-4H3/b7-6+. The fourth-order valence-electron chi connectivity index (χ4n) is 2.86. The molecule has 1 aliphatic rings. The van der Waals surface area contributed by atoms with Gasteiger partial charge in [-0.05, 0) is 57.9 Å². The van der Waals surface area contributed by atoms with E-state index in [4.69, 9.17) is 0 Å². The average molecular weight is 241 g/mol. The van der Waals surface area contributed by atoms with E-state index in [0.29, 0.717) is 30.7 Å². The predicted octanol–water partition coefficient (Wildman–Crippen LogP) is 4.10. The van der Waals surface area contributed by atoms with E-state index >= 15 is 0 Å². The highest BCUT2D eigenvalue weighted by Gasteiger charge is 2.32. The van der Waals surface area contributed by atoms with E-state index in [9.17, 15) is 4.39 Å². The lowest BCUT2D eigenvalue weighted by Gasteiger charge is -2.35. The van der Waals surface area contributed by atoms with Crippen molar-refractivity contribution in [3.63, 3.8) is 0 Å². The van der Waals surface area contributed by atoms with Crippen molar-refractivity contribution in [1.29, 1.82) is 0 Å². The van der Waals surface area contributed by atoms with Gasteiger partial charge in [0, 0.05) is 6.04 Å². The summed E-state index contributed by atoms with van der Waals surface area (Å²) < 4.78 is 14.2. The van der Waals surface area contributed by atoms with Crippen LogP contribution in [-0.4, -0.2) is 18.8 Å². The second kappa shape index (κ2) is 6.53. The van der Waals surface area contributed by atoms with Gasteiger partial charge in [-0.3, -0.25) is 0 Å². The van der Waals surface area contributed by atoms with Gasteiger partial charge in [0.15, 0.2) is 0 Å². The Bertz CT molecular complexity index is 247. The molecule has 2 heteroatoms. The SMILES string of the molecule is CC/C=C/C1CCC(C)(F)CCC(NC)C1C. The minimum absolute atomic E-state index is 0.442. The van der Waals surface area contributed by atoms with E-state index in [1.165, 1.54) is 0 Å². The molecule has 0 saturated heterocycles. The molecule has 0 spiro atoms. The van der Waals surface area contributed by atoms with Gasteiger partial charge < -0.3 is 5.32 Å². The molecule has 4 unspecified atom stereocenters. The first-order valence-corrected chi connectivity index (χ1v) is 7.03. The van der Waals surface area contributed by atoms with Crippen molar-refractivity contribution in [3.8, 4) is 0 Å². The summed E-state index contributed by atoms with van der Waals surface area (Å²) in [5, 5.41) is 3.37. The number of hydrogen-bond donors (Lipinski definition) is 1. The lowest BCUT2D eigenvalue weighted by molar-refractivity contribution is 0.110. The first kappa shape index (κ1) is 14.7. The van der Waals surface area contributed by atoms with Gasteiger partial charge >= 0.3 is 0 Å². The first-order chi connectivity index (χ1) is 8.00. The molecule has 1 N–H and O–H groups in total. The molecule has 0 radical (unpaired) electrons. The van der Waals surface area contributed by atoms with Crippen LogP contribution in [0.15, 0.2) is 12.2 Å². The molecule has 0 amide bonds. The largest absolute Gasteiger partial charge is 0.317 e. The summed E-state index contributed by atoms with van der Waals surface area (Å²) in [6.07, 6.45) is 8.91. The molecule has 1 fully saturated rings. The summed E-state index contributed by atoms with van der Waals surface area (Å²) in [6, 6.07) is 0.442. The smallest absolute Gasteiger partial charge is 0.108 e. The van der Waals surface area contributed by atoms with Crippen molar-refractivity contribution in [2.24, 2.45) is 11.8 Å². The Labute approximate surface area is 106 Å². The normalized spacial score (nSPS) is 40.2. The summed E-state index contributed by atoms with van der Waals surface area (Å²) in [7, 11) is 2.00. The van der Waals surface area contributed by atoms with Gasteiger partial charge in [-0.15, -0.1) is 0 Å². The van der Waals surface area contributed by atoms with Crippen LogP contribution >= 0.6 is 0 Å². The van der Waals surface area contributed by atoms with Crippen LogP contribution in [0.2, 0.25) is 0 Å². The highest BCUT2D eigenvalue weighted by molar-refractivity contribution is 4.96. The van der Waals surface area contributed by atoms with Gasteiger partial charge in [-0.25, -0.2) is 4.39 Å². The predicted molar refractivity (Wildman–Crippen MR) is 72.9 cm³/mol. The van der Waals surface area contributed by atoms with Crippen molar-refractivity contribution in [2.75, 3.05) is 7.05 Å². The van der Waals surface area contributed by atoms with Gasteiger partial charge in [0.05, 0.1) is 0 Å². The maximum atomic E-state index is 14.2. The average Bonchev–Trinajstić information content (AvgIpc) is 2.28. The van der Waals surface area contributed by atoms with E-state index < -0.39 is 5.67 Å². The molecule has 0 heterocycles. The third-order valence-electron chi connectivity index (χ3n) is 4.28. The molecule has 1 nitrogen and oxygen atoms in total. The summed E-state index contributed by atoms with van der Waals surface area (Å²) in [6.45, 7) is 6.21. The van der Waals surface area contributed by atoms with Crippen LogP contribution in [0.25, 0.3) is 0 Å². The van der Waals surface area contributed by atoms with Crippen molar-refractivity contribution >= 4 is 0 Å². The minimum Gasteiger partial charge on any atom is -0.317 e. The highest BCUT2D eigenvalue weighted by atomic mass is 19.1. The van der Waals surface area contributed by atoms with Crippen molar-refractivity contribution in [3.05, 3.63) is 12.2 Å². The molecule has 17 heavy (non-hydrogen) atoms. The summed E-state index contributed by atoms with van der Waals surface area (Å²) in [5.74, 6) is 1.11. The molecular formula is C15H28FN. The van der Waals surface area contributed by atoms with E-state index in [1.54, 1.807) is 6.92 Å². The first-order valence-electron chi connectivity index (χ1n) is 7.03. The van der Waals surface area contributed by atoms with Gasteiger partial charge in [0.25, 0.3) is 0 Å². The van der Waals surface area contributed by atoms with Crippen LogP contribution in [0.5, 0.6) is 0 Å². The Morgan fingerprint density at radius 2 is 2.00 bits per heavy atom. The number of rotatable bonds is 3. The van der Waals surface area contributed by atoms with Crippen molar-refractivity contribution in [2.45, 2.75) is 64.6 Å². The second-order valence-electron chi connectivity index (χ2n) is 5.75. The minimum atomic E-state index is -0.979. The molecule has 0 aromatic carbocycles. The monoisotopic (exact) mass is 241 g/mol. The van der Waals surface area contributed by atoms with Gasteiger partial charge in [0.1, 0.15) is 5.67 Å². The number of alkyl halides is 1. The zero-order valence-corrected chi connectivity index (χ0v) is 11.8. The third-order valence-corrected chi connectivity index (χ3v) is 4.28. The summed E-state index contributed by atoms with van der Waals surface area (Å²) >= 11 is 0. The van der Waals surface area contributed by atoms with Crippen molar-refractivity contribution in [1.82, 2.24) is 5.32 Å². The Kier molecular flexibility index (Phi) is 5.64. The fraction of sp³-hybridized carbons (Fsp3) is 0.867. The summed E-state index contributed by atoms with van der Waals surface area (Å²) in [4.78, 5) is 0. The fourth-order valence-corrected chi connectivity index (χ4v) is 2.86. The van der Waals surface area contributed by atoms with E-state index in [-0.39, 0.29) is 0 Å². The zero-order valence-electron chi connectivity index (χ0n) is 11.8. The van der Waals surface area contributed by atoms with Gasteiger partial charge in [-0.1, -0.05) is 26.0 Å². The third kappa shape index (κ3) is 4.42. The molecule has 0 aromatic heterocycles. The molecule has 1 rings (SSSR count). The Balaban J connectivity index is 2.75. The van der Waals surface area contributed by atoms with Crippen LogP contribution < -0.4 is 5.32 Å². The van der Waals surface area contributed by atoms with Crippen LogP contribution in [0.4, 0.5) is 4.39 Å². The number of halogens is 1. The van der Waals surface area contributed by atoms with E-state index in [1.807, 2.05) is 7.05 Å². The van der Waals surface area contributed by atoms with Crippen LogP contribution in [-0.2, 0) is 0 Å². The molecule has 0 bridgehead atoms. The van der Waals surface area contributed by atoms with Crippen LogP contribution in [0.3, 0.4) is 0 Å². The van der Waals surface area contributed by atoms with Gasteiger partial charge in [-0.2, -0.15) is 0 Å². The topological polar surface area (TPSA) is 12.0 Å². The molecule has 1 aliphatic carbocycles. The highest BCUT2D eigenvalue weighted by Crippen LogP contribution is 2.35. The lowest BCUT2D eigenvalue weighted by atomic mass is 9.76. The maximum Gasteiger partial charge on any atom is 0.108 e. The van der Waals surface area contributed by atoms with E-state index in [2.05, 4.69) is 31.3 Å². The maximum absolute atomic E-state index is 14.2. The van der Waals surface area contributed by atoms with Gasteiger partial charge in [0.2, 0.25) is 0 Å². The number of nitrogens with one attached hydrogen (secondary N) is 1. The second-order valence-corrected chi connectivity index (χ2v) is 5.75. The number of allylic oxidation sites excluding steroid dienone is 2. The molecule has 100 valence electrons. The van der Waals surface area contributed by atoms with Crippen LogP contribution in [0.1, 0.15) is 52.9 Å². The Morgan fingerprint density at radius 3 is 2.59 bits per heavy atom. The van der Waals surface area contributed by atoms with Crippen LogP contribution in [0, 0.1) is 11.8 Å². The Morgan fingerprint density at radius 1 is 1.35 bits per heavy atom. The quantitative estimate of drug-likeness (QED) is 0.734. The Hall–Kier alpha value is -0.370. The van der Waals surface area contributed by atoms with E-state index in [0.717, 1.165) is 19.3 Å². The number of hydrogen-bond acceptors (Lipinski definition) is 1. The molecule has 1 saturated carbocycles. The zero-order chi connectivity index (χ0) is 12.9. The molecule has 4 atom stereocenters. The summed E-state index contributed by atoms with van der Waals surface area (Å²) in [5.41, 5.74) is -0.979. The molecule has 0 aliphatic heterocycles.